The Morgan fingerprint density at radius 3 is 2.20 bits per heavy atom. The van der Waals surface area contributed by atoms with Gasteiger partial charge in [-0.05, 0) is 55.0 Å². The molecule has 3 aromatic carbocycles. The van der Waals surface area contributed by atoms with E-state index in [2.05, 4.69) is 16.7 Å². The van der Waals surface area contributed by atoms with Crippen LogP contribution in [-0.4, -0.2) is 41.6 Å². The molecule has 1 aliphatic rings. The van der Waals surface area contributed by atoms with E-state index >= 15 is 0 Å². The van der Waals surface area contributed by atoms with Crippen molar-refractivity contribution in [3.63, 3.8) is 0 Å². The molecule has 0 bridgehead atoms. The first-order valence-corrected chi connectivity index (χ1v) is 12.6. The minimum atomic E-state index is -2.24. The van der Waals surface area contributed by atoms with Crippen molar-refractivity contribution >= 4 is 29.4 Å². The molecule has 2 amide bonds. The number of carbonyl (C=O) groups is 3. The summed E-state index contributed by atoms with van der Waals surface area (Å²) >= 11 is 6.24. The molecule has 1 saturated heterocycles. The van der Waals surface area contributed by atoms with Crippen LogP contribution in [0.15, 0.2) is 60.7 Å². The average Bonchev–Trinajstić information content (AvgIpc) is 2.93. The molecule has 0 saturated carbocycles. The van der Waals surface area contributed by atoms with Crippen LogP contribution in [0.3, 0.4) is 0 Å². The minimum Gasteiger partial charge on any atom is -0.478 e. The summed E-state index contributed by atoms with van der Waals surface area (Å²) in [5, 5.41) is 24.4. The SMILES string of the molecule is C[C@@](NC(=O)c1ccc(-c2cc(C(=O)O)ccc2Cl)cc1)(C(=O)NC1(C#N)CCOCC1)c1c(F)cccc1F. The third kappa shape index (κ3) is 5.66. The third-order valence-electron chi connectivity index (χ3n) is 6.86. The maximum Gasteiger partial charge on any atom is 0.335 e. The molecule has 0 unspecified atom stereocenters. The molecule has 0 aromatic heterocycles. The first-order valence-electron chi connectivity index (χ1n) is 12.2. The zero-order valence-corrected chi connectivity index (χ0v) is 22.0. The summed E-state index contributed by atoms with van der Waals surface area (Å²) in [5.74, 6) is -5.04. The fourth-order valence-corrected chi connectivity index (χ4v) is 4.74. The predicted molar refractivity (Wildman–Crippen MR) is 142 cm³/mol. The number of halogens is 3. The lowest BCUT2D eigenvalue weighted by atomic mass is 9.85. The van der Waals surface area contributed by atoms with E-state index in [4.69, 9.17) is 16.3 Å². The smallest absolute Gasteiger partial charge is 0.335 e. The van der Waals surface area contributed by atoms with Crippen LogP contribution < -0.4 is 10.6 Å². The second-order valence-corrected chi connectivity index (χ2v) is 9.92. The Morgan fingerprint density at radius 1 is 1.02 bits per heavy atom. The zero-order chi connectivity index (χ0) is 29.1. The molecule has 0 aliphatic carbocycles. The van der Waals surface area contributed by atoms with Crippen LogP contribution in [0, 0.1) is 23.0 Å². The molecule has 4 rings (SSSR count). The van der Waals surface area contributed by atoms with Crippen molar-refractivity contribution in [1.82, 2.24) is 10.6 Å². The Morgan fingerprint density at radius 2 is 1.62 bits per heavy atom. The maximum absolute atomic E-state index is 15.0. The van der Waals surface area contributed by atoms with Gasteiger partial charge in [0.25, 0.3) is 11.8 Å². The average molecular weight is 568 g/mol. The van der Waals surface area contributed by atoms with E-state index in [1.807, 2.05) is 0 Å². The van der Waals surface area contributed by atoms with Crippen molar-refractivity contribution in [2.45, 2.75) is 30.8 Å². The van der Waals surface area contributed by atoms with E-state index in [1.54, 1.807) is 0 Å². The summed E-state index contributed by atoms with van der Waals surface area (Å²) in [6.07, 6.45) is 0.318. The number of ether oxygens (including phenoxy) is 1. The number of carboxylic acid groups (broad SMARTS) is 1. The summed E-state index contributed by atoms with van der Waals surface area (Å²) in [5.41, 5.74) is -3.26. The molecule has 206 valence electrons. The number of aromatic carboxylic acids is 1. The summed E-state index contributed by atoms with van der Waals surface area (Å²) in [7, 11) is 0. The van der Waals surface area contributed by atoms with Crippen LogP contribution in [0.5, 0.6) is 0 Å². The van der Waals surface area contributed by atoms with Crippen LogP contribution in [0.4, 0.5) is 8.78 Å². The van der Waals surface area contributed by atoms with Gasteiger partial charge in [-0.25, -0.2) is 13.6 Å². The van der Waals surface area contributed by atoms with Crippen LogP contribution >= 0.6 is 11.6 Å². The monoisotopic (exact) mass is 567 g/mol. The van der Waals surface area contributed by atoms with E-state index in [9.17, 15) is 33.5 Å². The van der Waals surface area contributed by atoms with Gasteiger partial charge in [-0.2, -0.15) is 5.26 Å². The standard InChI is InChI=1S/C29H24ClF2N3O5/c1-28(24-22(31)3-2-4-23(24)32,27(39)35-29(16-33)11-13-40-14-12-29)34-25(36)18-7-5-17(6-8-18)20-15-19(26(37)38)9-10-21(20)30/h2-10,15H,11-14H2,1H3,(H,34,36)(H,35,39)(H,37,38)/t28-/m0/s1. The number of rotatable bonds is 7. The van der Waals surface area contributed by atoms with Gasteiger partial charge in [0.15, 0.2) is 0 Å². The fraction of sp³-hybridized carbons (Fsp3) is 0.241. The summed E-state index contributed by atoms with van der Waals surface area (Å²) in [6.45, 7) is 1.57. The van der Waals surface area contributed by atoms with Gasteiger partial charge in [-0.15, -0.1) is 0 Å². The molecule has 8 nitrogen and oxygen atoms in total. The predicted octanol–water partition coefficient (Wildman–Crippen LogP) is 4.82. The summed E-state index contributed by atoms with van der Waals surface area (Å²) in [6, 6.07) is 15.2. The lowest BCUT2D eigenvalue weighted by Gasteiger charge is -2.37. The van der Waals surface area contributed by atoms with E-state index in [0.29, 0.717) is 16.1 Å². The molecule has 0 spiro atoms. The highest BCUT2D eigenvalue weighted by atomic mass is 35.5. The first kappa shape index (κ1) is 28.7. The van der Waals surface area contributed by atoms with Crippen molar-refractivity contribution in [3.05, 3.63) is 94.0 Å². The number of amides is 2. The second-order valence-electron chi connectivity index (χ2n) is 9.51. The van der Waals surface area contributed by atoms with Crippen molar-refractivity contribution in [1.29, 1.82) is 5.26 Å². The number of benzene rings is 3. The van der Waals surface area contributed by atoms with E-state index in [0.717, 1.165) is 25.1 Å². The number of carbonyl (C=O) groups excluding carboxylic acids is 2. The van der Waals surface area contributed by atoms with Gasteiger partial charge in [-0.1, -0.05) is 29.8 Å². The summed E-state index contributed by atoms with van der Waals surface area (Å²) in [4.78, 5) is 38.3. The Bertz CT molecular complexity index is 1500. The number of nitrogens with one attached hydrogen (secondary N) is 2. The van der Waals surface area contributed by atoms with Gasteiger partial charge in [0.2, 0.25) is 0 Å². The molecule has 1 aliphatic heterocycles. The highest BCUT2D eigenvalue weighted by Crippen LogP contribution is 2.32. The number of hydrogen-bond donors (Lipinski definition) is 3. The van der Waals surface area contributed by atoms with E-state index in [-0.39, 0.29) is 37.2 Å². The Hall–Kier alpha value is -4.33. The molecule has 3 aromatic rings. The molecule has 1 fully saturated rings. The number of carboxylic acids is 1. The zero-order valence-electron chi connectivity index (χ0n) is 21.3. The van der Waals surface area contributed by atoms with Crippen molar-refractivity contribution in [3.8, 4) is 17.2 Å². The third-order valence-corrected chi connectivity index (χ3v) is 7.19. The van der Waals surface area contributed by atoms with Crippen molar-refractivity contribution in [2.24, 2.45) is 0 Å². The van der Waals surface area contributed by atoms with Crippen molar-refractivity contribution < 1.29 is 33.0 Å². The fourth-order valence-electron chi connectivity index (χ4n) is 4.52. The van der Waals surface area contributed by atoms with Gasteiger partial charge in [0.05, 0.1) is 17.2 Å². The quantitative estimate of drug-likeness (QED) is 0.375. The minimum absolute atomic E-state index is 0.0228. The molecule has 1 heterocycles. The van der Waals surface area contributed by atoms with Gasteiger partial charge >= 0.3 is 5.97 Å². The molecule has 3 N–H and O–H groups in total. The van der Waals surface area contributed by atoms with Gasteiger partial charge in [0, 0.05) is 42.2 Å². The molecule has 11 heteroatoms. The van der Waals surface area contributed by atoms with E-state index < -0.39 is 46.1 Å². The lowest BCUT2D eigenvalue weighted by Crippen LogP contribution is -2.61. The van der Waals surface area contributed by atoms with Crippen molar-refractivity contribution in [2.75, 3.05) is 13.2 Å². The van der Waals surface area contributed by atoms with Crippen LogP contribution in [0.2, 0.25) is 5.02 Å². The van der Waals surface area contributed by atoms with Gasteiger partial charge in [-0.3, -0.25) is 9.59 Å². The second kappa shape index (κ2) is 11.4. The first-order chi connectivity index (χ1) is 19.0. The number of nitrogens with zero attached hydrogens (tertiary/aromatic N) is 1. The topological polar surface area (TPSA) is 129 Å². The highest BCUT2D eigenvalue weighted by molar-refractivity contribution is 6.33. The van der Waals surface area contributed by atoms with Gasteiger partial charge in [0.1, 0.15) is 22.7 Å². The Labute approximate surface area is 233 Å². The molecule has 1 atom stereocenters. The molecular formula is C29H24ClF2N3O5. The van der Waals surface area contributed by atoms with Crippen LogP contribution in [0.25, 0.3) is 11.1 Å². The van der Waals surface area contributed by atoms with Crippen LogP contribution in [-0.2, 0) is 15.1 Å². The lowest BCUT2D eigenvalue weighted by molar-refractivity contribution is -0.129. The molecule has 0 radical (unpaired) electrons. The maximum atomic E-state index is 15.0. The normalized spacial score (nSPS) is 15.8. The highest BCUT2D eigenvalue weighted by Gasteiger charge is 2.45. The number of hydrogen-bond acceptors (Lipinski definition) is 5. The van der Waals surface area contributed by atoms with Gasteiger partial charge < -0.3 is 20.5 Å². The Kier molecular flexibility index (Phi) is 8.18. The number of nitriles is 1. The molecular weight excluding hydrogens is 544 g/mol. The molecule has 40 heavy (non-hydrogen) atoms. The summed E-state index contributed by atoms with van der Waals surface area (Å²) < 4.78 is 35.2. The van der Waals surface area contributed by atoms with Crippen LogP contribution in [0.1, 0.15) is 46.0 Å². The Balaban J connectivity index is 1.67. The largest absolute Gasteiger partial charge is 0.478 e. The van der Waals surface area contributed by atoms with E-state index in [1.165, 1.54) is 42.5 Å².